The Labute approximate surface area is 160 Å². The Hall–Kier alpha value is -3.13. The molecule has 0 aliphatic carbocycles. The normalized spacial score (nSPS) is 10.3. The summed E-state index contributed by atoms with van der Waals surface area (Å²) in [5, 5.41) is 12.0. The molecule has 0 radical (unpaired) electrons. The second kappa shape index (κ2) is 8.50. The molecule has 140 valence electrons. The number of nitrogens with zero attached hydrogens (tertiary/aromatic N) is 2. The van der Waals surface area contributed by atoms with Gasteiger partial charge in [0.2, 0.25) is 5.13 Å². The molecule has 0 aliphatic heterocycles. The van der Waals surface area contributed by atoms with Gasteiger partial charge in [-0.25, -0.2) is 0 Å². The van der Waals surface area contributed by atoms with Crippen molar-refractivity contribution in [1.82, 2.24) is 10.2 Å². The van der Waals surface area contributed by atoms with Crippen LogP contribution in [0.4, 0.5) is 5.13 Å². The van der Waals surface area contributed by atoms with Crippen LogP contribution in [0.25, 0.3) is 10.6 Å². The number of carbonyl (C=O) groups excluding carboxylic acids is 1. The van der Waals surface area contributed by atoms with Gasteiger partial charge in [-0.2, -0.15) is 0 Å². The van der Waals surface area contributed by atoms with Crippen LogP contribution in [0.1, 0.15) is 17.3 Å². The maximum Gasteiger partial charge on any atom is 0.261 e. The van der Waals surface area contributed by atoms with Gasteiger partial charge in [0.1, 0.15) is 10.8 Å². The van der Waals surface area contributed by atoms with Gasteiger partial charge in [0.25, 0.3) is 5.91 Å². The summed E-state index contributed by atoms with van der Waals surface area (Å²) in [5.74, 6) is 1.46. The Balaban J connectivity index is 1.80. The summed E-state index contributed by atoms with van der Waals surface area (Å²) < 4.78 is 16.0. The number of para-hydroxylation sites is 1. The highest BCUT2D eigenvalue weighted by Gasteiger charge is 2.16. The van der Waals surface area contributed by atoms with Crippen molar-refractivity contribution in [3.05, 3.63) is 48.0 Å². The minimum absolute atomic E-state index is 0.297. The number of carbonyl (C=O) groups is 1. The monoisotopic (exact) mass is 385 g/mol. The molecule has 0 fully saturated rings. The number of hydrogen-bond donors (Lipinski definition) is 1. The highest BCUT2D eigenvalue weighted by molar-refractivity contribution is 7.18. The third kappa shape index (κ3) is 4.17. The molecule has 0 spiro atoms. The van der Waals surface area contributed by atoms with E-state index in [1.807, 2.05) is 25.1 Å². The lowest BCUT2D eigenvalue weighted by Crippen LogP contribution is -2.13. The average molecular weight is 385 g/mol. The van der Waals surface area contributed by atoms with Gasteiger partial charge in [-0.1, -0.05) is 23.5 Å². The number of hydrogen-bond acceptors (Lipinski definition) is 7. The van der Waals surface area contributed by atoms with Crippen molar-refractivity contribution >= 4 is 22.4 Å². The van der Waals surface area contributed by atoms with Crippen molar-refractivity contribution in [2.24, 2.45) is 0 Å². The number of benzene rings is 2. The minimum Gasteiger partial charge on any atom is -0.493 e. The van der Waals surface area contributed by atoms with E-state index in [0.717, 1.165) is 5.56 Å². The number of rotatable bonds is 7. The van der Waals surface area contributed by atoms with E-state index in [2.05, 4.69) is 15.5 Å². The predicted octanol–water partition coefficient (Wildman–Crippen LogP) is 3.87. The maximum atomic E-state index is 12.6. The Morgan fingerprint density at radius 2 is 1.81 bits per heavy atom. The van der Waals surface area contributed by atoms with Crippen LogP contribution < -0.4 is 19.5 Å². The lowest BCUT2D eigenvalue weighted by molar-refractivity contribution is 0.102. The van der Waals surface area contributed by atoms with Crippen molar-refractivity contribution in [2.75, 3.05) is 26.1 Å². The Kier molecular flexibility index (Phi) is 5.87. The van der Waals surface area contributed by atoms with Crippen LogP contribution in [0.15, 0.2) is 42.5 Å². The lowest BCUT2D eigenvalue weighted by Gasteiger charge is -2.08. The van der Waals surface area contributed by atoms with Gasteiger partial charge >= 0.3 is 0 Å². The number of ether oxygens (including phenoxy) is 3. The summed E-state index contributed by atoms with van der Waals surface area (Å²) in [6.07, 6.45) is 0. The molecule has 7 nitrogen and oxygen atoms in total. The molecule has 0 aliphatic rings. The van der Waals surface area contributed by atoms with Crippen LogP contribution in [0.2, 0.25) is 0 Å². The molecule has 3 aromatic rings. The molecular formula is C19H19N3O4S. The minimum atomic E-state index is -0.297. The van der Waals surface area contributed by atoms with Gasteiger partial charge in [0.15, 0.2) is 11.5 Å². The van der Waals surface area contributed by atoms with Crippen molar-refractivity contribution in [2.45, 2.75) is 6.92 Å². The third-order valence-electron chi connectivity index (χ3n) is 3.71. The zero-order valence-electron chi connectivity index (χ0n) is 15.2. The smallest absolute Gasteiger partial charge is 0.261 e. The molecule has 0 saturated heterocycles. The van der Waals surface area contributed by atoms with E-state index in [1.54, 1.807) is 38.5 Å². The first-order chi connectivity index (χ1) is 13.2. The second-order valence-electron chi connectivity index (χ2n) is 5.37. The summed E-state index contributed by atoms with van der Waals surface area (Å²) in [4.78, 5) is 12.6. The van der Waals surface area contributed by atoms with Gasteiger partial charge in [0.05, 0.1) is 26.4 Å². The maximum absolute atomic E-state index is 12.6. The summed E-state index contributed by atoms with van der Waals surface area (Å²) >= 11 is 1.27. The molecule has 0 atom stereocenters. The van der Waals surface area contributed by atoms with E-state index in [0.29, 0.717) is 39.6 Å². The van der Waals surface area contributed by atoms with Gasteiger partial charge < -0.3 is 14.2 Å². The zero-order chi connectivity index (χ0) is 19.2. The first kappa shape index (κ1) is 18.7. The number of nitrogens with one attached hydrogen (secondary N) is 1. The fraction of sp³-hybridized carbons (Fsp3) is 0.211. The molecular weight excluding hydrogens is 366 g/mol. The lowest BCUT2D eigenvalue weighted by atomic mass is 10.2. The average Bonchev–Trinajstić information content (AvgIpc) is 3.16. The Morgan fingerprint density at radius 3 is 2.56 bits per heavy atom. The van der Waals surface area contributed by atoms with Gasteiger partial charge in [-0.05, 0) is 37.3 Å². The van der Waals surface area contributed by atoms with Gasteiger partial charge in [0, 0.05) is 5.56 Å². The topological polar surface area (TPSA) is 82.6 Å². The highest BCUT2D eigenvalue weighted by Crippen LogP contribution is 2.34. The van der Waals surface area contributed by atoms with Crippen LogP contribution in [-0.4, -0.2) is 36.9 Å². The standard InChI is InChI=1S/C19H19N3O4S/c1-4-26-14-8-6-5-7-13(14)17(23)20-19-22-21-18(27-19)12-9-10-15(24-2)16(11-12)25-3/h5-11H,4H2,1-3H3,(H,20,22,23). The van der Waals surface area contributed by atoms with Crippen LogP contribution in [0.3, 0.4) is 0 Å². The third-order valence-corrected chi connectivity index (χ3v) is 4.60. The molecule has 1 amide bonds. The largest absolute Gasteiger partial charge is 0.493 e. The molecule has 2 aromatic carbocycles. The van der Waals surface area contributed by atoms with E-state index >= 15 is 0 Å². The summed E-state index contributed by atoms with van der Waals surface area (Å²) in [6.45, 7) is 2.35. The van der Waals surface area contributed by atoms with Crippen molar-refractivity contribution in [3.63, 3.8) is 0 Å². The number of aromatic nitrogens is 2. The quantitative estimate of drug-likeness (QED) is 0.665. The number of anilines is 1. The van der Waals surface area contributed by atoms with E-state index in [1.165, 1.54) is 11.3 Å². The molecule has 0 saturated carbocycles. The number of amides is 1. The van der Waals surface area contributed by atoms with Crippen LogP contribution in [0.5, 0.6) is 17.2 Å². The van der Waals surface area contributed by atoms with Crippen LogP contribution in [-0.2, 0) is 0 Å². The fourth-order valence-electron chi connectivity index (χ4n) is 2.46. The number of methoxy groups -OCH3 is 2. The molecule has 0 unspecified atom stereocenters. The second-order valence-corrected chi connectivity index (χ2v) is 6.34. The van der Waals surface area contributed by atoms with E-state index in [9.17, 15) is 4.79 Å². The summed E-state index contributed by atoms with van der Waals surface area (Å²) in [5.41, 5.74) is 1.27. The predicted molar refractivity (Wildman–Crippen MR) is 104 cm³/mol. The van der Waals surface area contributed by atoms with Gasteiger partial charge in [-0.3, -0.25) is 10.1 Å². The van der Waals surface area contributed by atoms with E-state index in [4.69, 9.17) is 14.2 Å². The molecule has 8 heteroatoms. The van der Waals surface area contributed by atoms with Crippen molar-refractivity contribution < 1.29 is 19.0 Å². The van der Waals surface area contributed by atoms with Crippen LogP contribution >= 0.6 is 11.3 Å². The Bertz CT molecular complexity index is 942. The molecule has 1 heterocycles. The van der Waals surface area contributed by atoms with Crippen molar-refractivity contribution in [3.8, 4) is 27.8 Å². The molecule has 1 N–H and O–H groups in total. The Morgan fingerprint density at radius 1 is 1.04 bits per heavy atom. The molecule has 3 rings (SSSR count). The summed E-state index contributed by atoms with van der Waals surface area (Å²) in [7, 11) is 3.15. The zero-order valence-corrected chi connectivity index (χ0v) is 16.0. The fourth-order valence-corrected chi connectivity index (χ4v) is 3.19. The van der Waals surface area contributed by atoms with Crippen molar-refractivity contribution in [1.29, 1.82) is 0 Å². The first-order valence-corrected chi connectivity index (χ1v) is 9.07. The van der Waals surface area contributed by atoms with E-state index < -0.39 is 0 Å². The highest BCUT2D eigenvalue weighted by atomic mass is 32.1. The SMILES string of the molecule is CCOc1ccccc1C(=O)Nc1nnc(-c2ccc(OC)c(OC)c2)s1. The van der Waals surface area contributed by atoms with E-state index in [-0.39, 0.29) is 5.91 Å². The molecule has 1 aromatic heterocycles. The first-order valence-electron chi connectivity index (χ1n) is 8.25. The summed E-state index contributed by atoms with van der Waals surface area (Å²) in [6, 6.07) is 12.5. The molecule has 0 bridgehead atoms. The van der Waals surface area contributed by atoms with Gasteiger partial charge in [-0.15, -0.1) is 10.2 Å². The van der Waals surface area contributed by atoms with Crippen LogP contribution in [0, 0.1) is 0 Å². The molecule has 27 heavy (non-hydrogen) atoms.